The molecular formula is C22H21BrN2O4. The van der Waals surface area contributed by atoms with Crippen molar-refractivity contribution in [3.8, 4) is 11.5 Å². The van der Waals surface area contributed by atoms with Crippen molar-refractivity contribution >= 4 is 27.9 Å². The molecule has 0 fully saturated rings. The number of benzene rings is 2. The predicted molar refractivity (Wildman–Crippen MR) is 115 cm³/mol. The summed E-state index contributed by atoms with van der Waals surface area (Å²) in [6.45, 7) is 1.22. The van der Waals surface area contributed by atoms with E-state index < -0.39 is 6.16 Å². The highest BCUT2D eigenvalue weighted by Gasteiger charge is 2.09. The molecule has 3 rings (SSSR count). The van der Waals surface area contributed by atoms with Crippen molar-refractivity contribution in [2.75, 3.05) is 18.5 Å². The maximum atomic E-state index is 10.6. The molecule has 0 unspecified atom stereocenters. The summed E-state index contributed by atoms with van der Waals surface area (Å²) in [6, 6.07) is 19.4. The Labute approximate surface area is 177 Å². The van der Waals surface area contributed by atoms with Gasteiger partial charge in [-0.1, -0.05) is 46.3 Å². The highest BCUT2D eigenvalue weighted by molar-refractivity contribution is 9.10. The van der Waals surface area contributed by atoms with E-state index in [1.807, 2.05) is 54.4 Å². The van der Waals surface area contributed by atoms with Gasteiger partial charge in [0.1, 0.15) is 18.2 Å². The van der Waals surface area contributed by atoms with E-state index in [0.717, 1.165) is 33.6 Å². The van der Waals surface area contributed by atoms with Crippen molar-refractivity contribution in [1.82, 2.24) is 4.98 Å². The van der Waals surface area contributed by atoms with Crippen LogP contribution in [0.1, 0.15) is 11.1 Å². The number of pyridine rings is 1. The summed E-state index contributed by atoms with van der Waals surface area (Å²) in [4.78, 5) is 16.8. The van der Waals surface area contributed by atoms with E-state index in [-0.39, 0.29) is 5.75 Å². The zero-order valence-corrected chi connectivity index (χ0v) is 17.5. The fraction of sp³-hybridized carbons (Fsp3) is 0.182. The molecule has 29 heavy (non-hydrogen) atoms. The van der Waals surface area contributed by atoms with Gasteiger partial charge in [-0.15, -0.1) is 0 Å². The van der Waals surface area contributed by atoms with E-state index in [4.69, 9.17) is 9.84 Å². The molecule has 1 N–H and O–H groups in total. The molecular weight excluding hydrogens is 436 g/mol. The molecule has 1 aromatic heterocycles. The third-order valence-electron chi connectivity index (χ3n) is 4.29. The zero-order chi connectivity index (χ0) is 20.6. The lowest BCUT2D eigenvalue weighted by atomic mass is 10.1. The average molecular weight is 457 g/mol. The number of rotatable bonds is 8. The number of ether oxygens (including phenoxy) is 2. The molecule has 1 heterocycles. The van der Waals surface area contributed by atoms with Gasteiger partial charge in [-0.3, -0.25) is 0 Å². The number of aromatic nitrogens is 1. The van der Waals surface area contributed by atoms with Crippen LogP contribution in [0.15, 0.2) is 71.3 Å². The molecule has 0 radical (unpaired) electrons. The summed E-state index contributed by atoms with van der Waals surface area (Å²) >= 11 is 3.53. The molecule has 0 bridgehead atoms. The Hall–Kier alpha value is -3.06. The second-order valence-corrected chi connectivity index (χ2v) is 7.33. The first-order valence-electron chi connectivity index (χ1n) is 9.04. The van der Waals surface area contributed by atoms with Crippen LogP contribution in [0, 0.1) is 0 Å². The van der Waals surface area contributed by atoms with Crippen molar-refractivity contribution < 1.29 is 19.4 Å². The third-order valence-corrected chi connectivity index (χ3v) is 4.79. The van der Waals surface area contributed by atoms with Gasteiger partial charge in [0.15, 0.2) is 5.75 Å². The lowest BCUT2D eigenvalue weighted by molar-refractivity contribution is 0.144. The van der Waals surface area contributed by atoms with E-state index in [2.05, 4.69) is 31.7 Å². The second-order valence-electron chi connectivity index (χ2n) is 6.42. The third kappa shape index (κ3) is 6.22. The van der Waals surface area contributed by atoms with Crippen molar-refractivity contribution in [2.24, 2.45) is 0 Å². The van der Waals surface area contributed by atoms with Crippen LogP contribution in [0.3, 0.4) is 0 Å². The molecule has 0 aliphatic carbocycles. The number of likely N-dealkylation sites (N-methyl/N-ethyl adjacent to an activating group) is 1. The highest BCUT2D eigenvalue weighted by atomic mass is 79.9. The van der Waals surface area contributed by atoms with Crippen LogP contribution >= 0.6 is 15.9 Å². The highest BCUT2D eigenvalue weighted by Crippen LogP contribution is 2.25. The monoisotopic (exact) mass is 456 g/mol. The first-order chi connectivity index (χ1) is 14.0. The van der Waals surface area contributed by atoms with Crippen LogP contribution in [-0.2, 0) is 13.0 Å². The maximum absolute atomic E-state index is 10.6. The van der Waals surface area contributed by atoms with Crippen LogP contribution in [-0.4, -0.2) is 29.8 Å². The Morgan fingerprint density at radius 3 is 2.62 bits per heavy atom. The summed E-state index contributed by atoms with van der Waals surface area (Å²) in [5, 5.41) is 8.64. The van der Waals surface area contributed by atoms with Gasteiger partial charge in [-0.25, -0.2) is 9.78 Å². The number of carbonyl (C=O) groups is 1. The fourth-order valence-electron chi connectivity index (χ4n) is 2.78. The normalized spacial score (nSPS) is 10.4. The second kappa shape index (κ2) is 9.93. The van der Waals surface area contributed by atoms with Gasteiger partial charge in [0.05, 0.1) is 6.20 Å². The van der Waals surface area contributed by atoms with Crippen LogP contribution in [0.5, 0.6) is 11.5 Å². The fourth-order valence-corrected chi connectivity index (χ4v) is 3.19. The minimum absolute atomic E-state index is 0.193. The van der Waals surface area contributed by atoms with E-state index >= 15 is 0 Å². The number of hydrogen-bond acceptors (Lipinski definition) is 5. The largest absolute Gasteiger partial charge is 0.511 e. The predicted octanol–water partition coefficient (Wildman–Crippen LogP) is 5.16. The van der Waals surface area contributed by atoms with Crippen LogP contribution in [0.4, 0.5) is 10.6 Å². The number of nitrogens with zero attached hydrogens (tertiary/aromatic N) is 2. The molecule has 0 aliphatic rings. The average Bonchev–Trinajstić information content (AvgIpc) is 2.72. The van der Waals surface area contributed by atoms with E-state index in [1.165, 1.54) is 6.20 Å². The lowest BCUT2D eigenvalue weighted by Gasteiger charge is -2.19. The zero-order valence-electron chi connectivity index (χ0n) is 15.9. The van der Waals surface area contributed by atoms with Crippen LogP contribution in [0.25, 0.3) is 0 Å². The minimum atomic E-state index is -1.36. The SMILES string of the molecule is CN(CCc1cc(Br)ccc1OCc1ccccc1)c1ccc(OC(=O)O)cn1. The number of anilines is 1. The van der Waals surface area contributed by atoms with Crippen molar-refractivity contribution in [3.05, 3.63) is 82.5 Å². The summed E-state index contributed by atoms with van der Waals surface area (Å²) < 4.78 is 11.6. The summed E-state index contributed by atoms with van der Waals surface area (Å²) in [5.74, 6) is 1.77. The summed E-state index contributed by atoms with van der Waals surface area (Å²) in [6.07, 6.45) is 0.799. The van der Waals surface area contributed by atoms with Gasteiger partial charge in [-0.05, 0) is 47.9 Å². The van der Waals surface area contributed by atoms with Crippen LogP contribution in [0.2, 0.25) is 0 Å². The topological polar surface area (TPSA) is 71.9 Å². The molecule has 2 aromatic carbocycles. The van der Waals surface area contributed by atoms with Gasteiger partial charge < -0.3 is 19.5 Å². The molecule has 0 spiro atoms. The van der Waals surface area contributed by atoms with Gasteiger partial charge in [0.2, 0.25) is 0 Å². The summed E-state index contributed by atoms with van der Waals surface area (Å²) in [5.41, 5.74) is 2.21. The Bertz CT molecular complexity index is 949. The lowest BCUT2D eigenvalue weighted by Crippen LogP contribution is -2.21. The number of halogens is 1. The molecule has 0 saturated heterocycles. The maximum Gasteiger partial charge on any atom is 0.511 e. The van der Waals surface area contributed by atoms with E-state index in [1.54, 1.807) is 12.1 Å². The first kappa shape index (κ1) is 20.7. The smallest absolute Gasteiger partial charge is 0.489 e. The number of hydrogen-bond donors (Lipinski definition) is 1. The molecule has 150 valence electrons. The van der Waals surface area contributed by atoms with Gasteiger partial charge >= 0.3 is 6.16 Å². The van der Waals surface area contributed by atoms with Crippen LogP contribution < -0.4 is 14.4 Å². The standard InChI is InChI=1S/C22H21BrN2O4/c1-25(21-10-8-19(14-24-21)29-22(26)27)12-11-17-13-18(23)7-9-20(17)28-15-16-5-3-2-4-6-16/h2-10,13-14H,11-12,15H2,1H3,(H,26,27). The molecule has 0 saturated carbocycles. The molecule has 3 aromatic rings. The van der Waals surface area contributed by atoms with Gasteiger partial charge in [0, 0.05) is 18.1 Å². The first-order valence-corrected chi connectivity index (χ1v) is 9.83. The number of carboxylic acid groups (broad SMARTS) is 1. The molecule has 0 amide bonds. The van der Waals surface area contributed by atoms with Crippen molar-refractivity contribution in [1.29, 1.82) is 0 Å². The Kier molecular flexibility index (Phi) is 7.08. The van der Waals surface area contributed by atoms with E-state index in [9.17, 15) is 4.79 Å². The van der Waals surface area contributed by atoms with E-state index in [0.29, 0.717) is 13.2 Å². The van der Waals surface area contributed by atoms with Crippen molar-refractivity contribution in [2.45, 2.75) is 13.0 Å². The molecule has 7 heteroatoms. The molecule has 0 atom stereocenters. The molecule has 0 aliphatic heterocycles. The Morgan fingerprint density at radius 1 is 1.14 bits per heavy atom. The Balaban J connectivity index is 1.63. The molecule has 6 nitrogen and oxygen atoms in total. The minimum Gasteiger partial charge on any atom is -0.489 e. The van der Waals surface area contributed by atoms with Gasteiger partial charge in [0.25, 0.3) is 0 Å². The summed E-state index contributed by atoms with van der Waals surface area (Å²) in [7, 11) is 1.93. The Morgan fingerprint density at radius 2 is 1.93 bits per heavy atom. The van der Waals surface area contributed by atoms with Gasteiger partial charge in [-0.2, -0.15) is 0 Å². The quantitative estimate of drug-likeness (QED) is 0.472. The van der Waals surface area contributed by atoms with Crippen molar-refractivity contribution in [3.63, 3.8) is 0 Å².